The molecule has 1 aromatic heterocycles. The molecule has 3 aromatic rings. The molecule has 0 spiro atoms. The summed E-state index contributed by atoms with van der Waals surface area (Å²) >= 11 is 0. The van der Waals surface area contributed by atoms with Crippen LogP contribution in [0.5, 0.6) is 11.5 Å². The Hall–Kier alpha value is -3.56. The van der Waals surface area contributed by atoms with Crippen molar-refractivity contribution in [2.75, 3.05) is 7.05 Å². The van der Waals surface area contributed by atoms with E-state index >= 15 is 0 Å². The Labute approximate surface area is 199 Å². The summed E-state index contributed by atoms with van der Waals surface area (Å²) in [7, 11) is 1.93. The number of hydrogen-bond donors (Lipinski definition) is 3. The lowest BCUT2D eigenvalue weighted by atomic mass is 9.89. The monoisotopic (exact) mass is 461 g/mol. The number of fused-ring (bicyclic) bond motifs is 1. The average molecular weight is 462 g/mol. The van der Waals surface area contributed by atoms with Crippen LogP contribution in [0.2, 0.25) is 0 Å². The summed E-state index contributed by atoms with van der Waals surface area (Å²) in [5, 5.41) is 23.2. The first-order chi connectivity index (χ1) is 16.3. The Morgan fingerprint density at radius 3 is 2.71 bits per heavy atom. The third-order valence-electron chi connectivity index (χ3n) is 6.03. The number of phenols is 2. The predicted molar refractivity (Wildman–Crippen MR) is 133 cm³/mol. The van der Waals surface area contributed by atoms with Gasteiger partial charge < -0.3 is 19.9 Å². The number of ketones is 1. The van der Waals surface area contributed by atoms with Gasteiger partial charge >= 0.3 is 5.63 Å². The van der Waals surface area contributed by atoms with Gasteiger partial charge in [-0.1, -0.05) is 43.5 Å². The van der Waals surface area contributed by atoms with Crippen molar-refractivity contribution in [3.63, 3.8) is 0 Å². The van der Waals surface area contributed by atoms with E-state index in [2.05, 4.69) is 48.3 Å². The molecule has 6 heteroatoms. The maximum atomic E-state index is 12.5. The number of phenolic OH excluding ortho intramolecular Hbond substituents is 2. The highest BCUT2D eigenvalue weighted by molar-refractivity contribution is 5.98. The minimum Gasteiger partial charge on any atom is -0.504 e. The van der Waals surface area contributed by atoms with Crippen molar-refractivity contribution >= 4 is 16.8 Å². The second-order valence-corrected chi connectivity index (χ2v) is 8.50. The van der Waals surface area contributed by atoms with Crippen molar-refractivity contribution in [3.8, 4) is 23.3 Å². The van der Waals surface area contributed by atoms with Gasteiger partial charge in [0.05, 0.1) is 6.42 Å². The van der Waals surface area contributed by atoms with E-state index in [-0.39, 0.29) is 29.1 Å². The Bertz CT molecular complexity index is 1300. The van der Waals surface area contributed by atoms with E-state index in [1.165, 1.54) is 17.2 Å². The highest BCUT2D eigenvalue weighted by Crippen LogP contribution is 2.34. The van der Waals surface area contributed by atoms with Crippen LogP contribution in [0.4, 0.5) is 0 Å². The molecule has 0 aliphatic rings. The van der Waals surface area contributed by atoms with Gasteiger partial charge in [0, 0.05) is 23.9 Å². The molecule has 1 atom stereocenters. The SMILES string of the molecule is CCCC(CCC#CC(=O)Cc1c(C)c2ccc(O)c(O)c2oc1=O)c1cccc(CNC)c1. The maximum absolute atomic E-state index is 12.5. The minimum absolute atomic E-state index is 0.0921. The number of rotatable bonds is 9. The fourth-order valence-electron chi connectivity index (χ4n) is 4.23. The molecule has 34 heavy (non-hydrogen) atoms. The van der Waals surface area contributed by atoms with Gasteiger partial charge in [-0.25, -0.2) is 4.79 Å². The van der Waals surface area contributed by atoms with Gasteiger partial charge in [-0.05, 0) is 67.5 Å². The second kappa shape index (κ2) is 11.5. The Morgan fingerprint density at radius 1 is 1.18 bits per heavy atom. The van der Waals surface area contributed by atoms with E-state index in [4.69, 9.17) is 4.42 Å². The largest absolute Gasteiger partial charge is 0.504 e. The fourth-order valence-corrected chi connectivity index (χ4v) is 4.23. The van der Waals surface area contributed by atoms with E-state index in [1.807, 2.05) is 7.05 Å². The molecule has 178 valence electrons. The van der Waals surface area contributed by atoms with Crippen LogP contribution in [-0.4, -0.2) is 23.0 Å². The van der Waals surface area contributed by atoms with Crippen molar-refractivity contribution in [2.24, 2.45) is 0 Å². The molecule has 1 heterocycles. The number of hydrogen-bond acceptors (Lipinski definition) is 6. The lowest BCUT2D eigenvalue weighted by Crippen LogP contribution is -2.14. The number of carbonyl (C=O) groups excluding carboxylic acids is 1. The molecule has 2 aromatic carbocycles. The molecule has 0 aliphatic carbocycles. The summed E-state index contributed by atoms with van der Waals surface area (Å²) in [6, 6.07) is 11.4. The topological polar surface area (TPSA) is 99.8 Å². The summed E-state index contributed by atoms with van der Waals surface area (Å²) in [5.41, 5.74) is 2.47. The van der Waals surface area contributed by atoms with Crippen molar-refractivity contribution in [1.29, 1.82) is 0 Å². The maximum Gasteiger partial charge on any atom is 0.340 e. The van der Waals surface area contributed by atoms with Gasteiger partial charge in [0.1, 0.15) is 0 Å². The highest BCUT2D eigenvalue weighted by atomic mass is 16.4. The highest BCUT2D eigenvalue weighted by Gasteiger charge is 2.17. The average Bonchev–Trinajstić information content (AvgIpc) is 2.82. The lowest BCUT2D eigenvalue weighted by Gasteiger charge is -2.16. The number of benzene rings is 2. The van der Waals surface area contributed by atoms with Gasteiger partial charge in [0.2, 0.25) is 11.5 Å². The number of aromatic hydroxyl groups is 2. The van der Waals surface area contributed by atoms with Crippen molar-refractivity contribution in [2.45, 2.75) is 58.4 Å². The number of Topliss-reactive ketones (excluding diaryl/α,β-unsaturated/α-hetero) is 1. The van der Waals surface area contributed by atoms with Gasteiger partial charge in [0.25, 0.3) is 0 Å². The van der Waals surface area contributed by atoms with Crippen LogP contribution in [0.25, 0.3) is 11.0 Å². The number of aryl methyl sites for hydroxylation is 1. The zero-order valence-corrected chi connectivity index (χ0v) is 19.9. The molecule has 6 nitrogen and oxygen atoms in total. The second-order valence-electron chi connectivity index (χ2n) is 8.50. The van der Waals surface area contributed by atoms with E-state index < -0.39 is 11.4 Å². The van der Waals surface area contributed by atoms with Gasteiger partial charge in [-0.3, -0.25) is 4.79 Å². The molecular weight excluding hydrogens is 430 g/mol. The van der Waals surface area contributed by atoms with Crippen LogP contribution >= 0.6 is 0 Å². The quantitative estimate of drug-likeness (QED) is 0.185. The van der Waals surface area contributed by atoms with Crippen LogP contribution in [-0.2, 0) is 17.8 Å². The van der Waals surface area contributed by atoms with E-state index in [0.717, 1.165) is 25.8 Å². The Balaban J connectivity index is 1.69. The molecule has 0 saturated carbocycles. The van der Waals surface area contributed by atoms with Gasteiger partial charge in [0.15, 0.2) is 11.3 Å². The molecule has 0 aliphatic heterocycles. The molecule has 0 radical (unpaired) electrons. The van der Waals surface area contributed by atoms with Crippen molar-refractivity contribution in [3.05, 3.63) is 69.1 Å². The van der Waals surface area contributed by atoms with E-state index in [0.29, 0.717) is 23.3 Å². The lowest BCUT2D eigenvalue weighted by molar-refractivity contribution is -0.113. The molecule has 0 fully saturated rings. The molecule has 0 saturated heterocycles. The normalized spacial score (nSPS) is 11.7. The molecule has 3 rings (SSSR count). The zero-order chi connectivity index (χ0) is 24.7. The summed E-state index contributed by atoms with van der Waals surface area (Å²) in [4.78, 5) is 24.9. The Morgan fingerprint density at radius 2 is 1.97 bits per heavy atom. The molecular formula is C28H31NO5. The summed E-state index contributed by atoms with van der Waals surface area (Å²) in [6.07, 6.45) is 3.40. The fraction of sp³-hybridized carbons (Fsp3) is 0.357. The minimum atomic E-state index is -0.717. The molecule has 0 amide bonds. The first-order valence-electron chi connectivity index (χ1n) is 11.6. The van der Waals surface area contributed by atoms with E-state index in [9.17, 15) is 19.8 Å². The summed E-state index contributed by atoms with van der Waals surface area (Å²) in [5.74, 6) is 4.80. The van der Waals surface area contributed by atoms with E-state index in [1.54, 1.807) is 13.0 Å². The molecule has 3 N–H and O–H groups in total. The van der Waals surface area contributed by atoms with Gasteiger partial charge in [-0.15, -0.1) is 0 Å². The summed E-state index contributed by atoms with van der Waals surface area (Å²) in [6.45, 7) is 4.67. The van der Waals surface area contributed by atoms with Gasteiger partial charge in [-0.2, -0.15) is 0 Å². The number of carbonyl (C=O) groups is 1. The Kier molecular flexibility index (Phi) is 8.50. The van der Waals surface area contributed by atoms with Crippen LogP contribution in [0, 0.1) is 18.8 Å². The third kappa shape index (κ3) is 5.86. The van der Waals surface area contributed by atoms with Crippen molar-refractivity contribution < 1.29 is 19.4 Å². The number of nitrogens with one attached hydrogen (secondary N) is 1. The summed E-state index contributed by atoms with van der Waals surface area (Å²) < 4.78 is 5.18. The third-order valence-corrected chi connectivity index (χ3v) is 6.03. The van der Waals surface area contributed by atoms with Crippen LogP contribution < -0.4 is 10.9 Å². The zero-order valence-electron chi connectivity index (χ0n) is 19.9. The predicted octanol–water partition coefficient (Wildman–Crippen LogP) is 4.71. The van der Waals surface area contributed by atoms with Crippen LogP contribution in [0.3, 0.4) is 0 Å². The van der Waals surface area contributed by atoms with Crippen LogP contribution in [0.15, 0.2) is 45.6 Å². The van der Waals surface area contributed by atoms with Crippen LogP contribution in [0.1, 0.15) is 60.8 Å². The molecule has 0 bridgehead atoms. The first-order valence-corrected chi connectivity index (χ1v) is 11.6. The first kappa shape index (κ1) is 25.1. The smallest absolute Gasteiger partial charge is 0.340 e. The van der Waals surface area contributed by atoms with Crippen molar-refractivity contribution in [1.82, 2.24) is 5.32 Å². The standard InChI is InChI=1S/C28H31NO5/c1-4-8-20(21-11-7-9-19(15-21)17-29-3)10-5-6-12-22(30)16-24-18(2)23-13-14-25(31)26(32)27(23)34-28(24)33/h7,9,11,13-15,20,29,31-32H,4-5,8,10,16-17H2,1-3H3. The molecule has 1 unspecified atom stereocenters.